The number of amides is 1. The zero-order valence-corrected chi connectivity index (χ0v) is 16.1. The molecule has 2 saturated heterocycles. The molecule has 9 heteroatoms. The van der Waals surface area contributed by atoms with Gasteiger partial charge >= 0.3 is 13.2 Å². The molecule has 0 spiro atoms. The van der Waals surface area contributed by atoms with Gasteiger partial charge in [-0.1, -0.05) is 0 Å². The van der Waals surface area contributed by atoms with Crippen LogP contribution in [0.1, 0.15) is 47.5 Å². The maximum atomic E-state index is 10.9. The molecular formula is C17H27BN4O4. The van der Waals surface area contributed by atoms with Gasteiger partial charge in [-0.3, -0.25) is 4.98 Å². The summed E-state index contributed by atoms with van der Waals surface area (Å²) in [5.41, 5.74) is -0.557. The van der Waals surface area contributed by atoms with Gasteiger partial charge in [0, 0.05) is 24.8 Å². The van der Waals surface area contributed by atoms with Crippen molar-refractivity contribution in [1.82, 2.24) is 15.3 Å². The minimum Gasteiger partial charge on any atom is -0.465 e. The van der Waals surface area contributed by atoms with Gasteiger partial charge in [0.1, 0.15) is 5.82 Å². The van der Waals surface area contributed by atoms with Crippen molar-refractivity contribution in [3.05, 3.63) is 12.4 Å². The fourth-order valence-electron chi connectivity index (χ4n) is 3.19. The Morgan fingerprint density at radius 1 is 1.12 bits per heavy atom. The van der Waals surface area contributed by atoms with E-state index in [4.69, 9.17) is 14.4 Å². The summed E-state index contributed by atoms with van der Waals surface area (Å²) < 4.78 is 12.0. The molecule has 2 N–H and O–H groups in total. The molecular weight excluding hydrogens is 335 g/mol. The fourth-order valence-corrected chi connectivity index (χ4v) is 3.19. The normalized spacial score (nSPS) is 23.7. The number of nitrogens with one attached hydrogen (secondary N) is 1. The number of carboxylic acid groups (broad SMARTS) is 1. The molecule has 0 atom stereocenters. The smallest absolute Gasteiger partial charge is 0.465 e. The molecule has 1 aromatic heterocycles. The quantitative estimate of drug-likeness (QED) is 0.785. The van der Waals surface area contributed by atoms with E-state index < -0.39 is 30.0 Å². The third-order valence-electron chi connectivity index (χ3n) is 5.75. The van der Waals surface area contributed by atoms with Gasteiger partial charge in [-0.2, -0.15) is 0 Å². The van der Waals surface area contributed by atoms with Crippen molar-refractivity contribution in [1.29, 1.82) is 0 Å². The molecule has 0 aliphatic carbocycles. The average molecular weight is 362 g/mol. The number of anilines is 1. The van der Waals surface area contributed by atoms with Crippen molar-refractivity contribution >= 4 is 24.6 Å². The van der Waals surface area contributed by atoms with Crippen molar-refractivity contribution < 1.29 is 19.2 Å². The first-order valence-corrected chi connectivity index (χ1v) is 8.95. The van der Waals surface area contributed by atoms with E-state index in [-0.39, 0.29) is 0 Å². The number of aromatic nitrogens is 2. The standard InChI is InChI=1S/C17H27BN4O4/c1-15(2)16(3,4)26-18(25-15)12-10-20-13(11-19-12)22-8-6-17(5,7-9-22)21-14(23)24/h10-11,21H,6-9H2,1-5H3,(H,23,24). The molecule has 0 unspecified atom stereocenters. The van der Waals surface area contributed by atoms with Crippen LogP contribution in [-0.4, -0.2) is 58.1 Å². The predicted octanol–water partition coefficient (Wildman–Crippen LogP) is 1.40. The third kappa shape index (κ3) is 3.64. The zero-order valence-electron chi connectivity index (χ0n) is 16.1. The Morgan fingerprint density at radius 2 is 1.69 bits per heavy atom. The van der Waals surface area contributed by atoms with Crippen molar-refractivity contribution in [2.24, 2.45) is 0 Å². The van der Waals surface area contributed by atoms with Gasteiger partial charge in [0.15, 0.2) is 0 Å². The zero-order chi connectivity index (χ0) is 19.2. The van der Waals surface area contributed by atoms with Gasteiger partial charge in [0.2, 0.25) is 0 Å². The lowest BCUT2D eigenvalue weighted by Gasteiger charge is -2.39. The van der Waals surface area contributed by atoms with E-state index >= 15 is 0 Å². The Hall–Kier alpha value is -1.87. The third-order valence-corrected chi connectivity index (χ3v) is 5.75. The van der Waals surface area contributed by atoms with Crippen molar-refractivity contribution in [2.75, 3.05) is 18.0 Å². The fraction of sp³-hybridized carbons (Fsp3) is 0.706. The largest absolute Gasteiger partial charge is 0.516 e. The number of carbonyl (C=O) groups is 1. The highest BCUT2D eigenvalue weighted by atomic mass is 16.7. The first-order chi connectivity index (χ1) is 12.0. The second-order valence-corrected chi connectivity index (χ2v) is 8.37. The van der Waals surface area contributed by atoms with Crippen molar-refractivity contribution in [2.45, 2.75) is 64.2 Å². The summed E-state index contributed by atoms with van der Waals surface area (Å²) in [7, 11) is -0.522. The van der Waals surface area contributed by atoms with E-state index in [1.54, 1.807) is 12.4 Å². The highest BCUT2D eigenvalue weighted by Gasteiger charge is 2.52. The van der Waals surface area contributed by atoms with Crippen LogP contribution < -0.4 is 15.8 Å². The van der Waals surface area contributed by atoms with Gasteiger partial charge in [0.25, 0.3) is 0 Å². The summed E-state index contributed by atoms with van der Waals surface area (Å²) in [6.45, 7) is 11.4. The van der Waals surface area contributed by atoms with Crippen LogP contribution in [0.2, 0.25) is 0 Å². The van der Waals surface area contributed by atoms with E-state index in [1.807, 2.05) is 34.6 Å². The van der Waals surface area contributed by atoms with Crippen LogP contribution in [0, 0.1) is 0 Å². The molecule has 1 amide bonds. The predicted molar refractivity (Wildman–Crippen MR) is 98.8 cm³/mol. The van der Waals surface area contributed by atoms with E-state index in [0.717, 1.165) is 31.7 Å². The molecule has 0 saturated carbocycles. The molecule has 0 aromatic carbocycles. The Balaban J connectivity index is 1.64. The number of hydrogen-bond donors (Lipinski definition) is 2. The van der Waals surface area contributed by atoms with Crippen LogP contribution in [-0.2, 0) is 9.31 Å². The molecule has 2 aliphatic rings. The number of nitrogens with zero attached hydrogens (tertiary/aromatic N) is 3. The molecule has 2 aliphatic heterocycles. The van der Waals surface area contributed by atoms with E-state index in [2.05, 4.69) is 20.2 Å². The summed E-state index contributed by atoms with van der Waals surface area (Å²) in [6.07, 6.45) is 3.89. The molecule has 1 aromatic rings. The van der Waals surface area contributed by atoms with Crippen LogP contribution in [0.15, 0.2) is 12.4 Å². The summed E-state index contributed by atoms with van der Waals surface area (Å²) in [5.74, 6) is 0.780. The van der Waals surface area contributed by atoms with Gasteiger partial charge in [0.05, 0.1) is 23.0 Å². The summed E-state index contributed by atoms with van der Waals surface area (Å²) >= 11 is 0. The van der Waals surface area contributed by atoms with Crippen LogP contribution in [0.3, 0.4) is 0 Å². The number of rotatable bonds is 3. The number of hydrogen-bond acceptors (Lipinski definition) is 6. The molecule has 142 valence electrons. The topological polar surface area (TPSA) is 96.8 Å². The SMILES string of the molecule is CC1(NC(=O)O)CCN(c2cnc(B3OC(C)(C)C(C)(C)O3)cn2)CC1. The van der Waals surface area contributed by atoms with Crippen molar-refractivity contribution in [3.8, 4) is 0 Å². The van der Waals surface area contributed by atoms with Crippen molar-refractivity contribution in [3.63, 3.8) is 0 Å². The summed E-state index contributed by atoms with van der Waals surface area (Å²) in [6, 6.07) is 0. The lowest BCUT2D eigenvalue weighted by Crippen LogP contribution is -2.53. The number of piperidine rings is 1. The molecule has 3 heterocycles. The Labute approximate surface area is 154 Å². The molecule has 8 nitrogen and oxygen atoms in total. The second-order valence-electron chi connectivity index (χ2n) is 8.37. The van der Waals surface area contributed by atoms with E-state index in [1.165, 1.54) is 0 Å². The molecule has 0 radical (unpaired) electrons. The molecule has 3 rings (SSSR count). The first-order valence-electron chi connectivity index (χ1n) is 8.95. The molecule has 2 fully saturated rings. The highest BCUT2D eigenvalue weighted by molar-refractivity contribution is 6.61. The maximum absolute atomic E-state index is 10.9. The second kappa shape index (κ2) is 6.38. The lowest BCUT2D eigenvalue weighted by atomic mass is 9.85. The molecule has 26 heavy (non-hydrogen) atoms. The van der Waals surface area contributed by atoms with E-state index in [0.29, 0.717) is 5.59 Å². The van der Waals surface area contributed by atoms with Gasteiger partial charge in [-0.05, 0) is 47.5 Å². The minimum absolute atomic E-state index is 0.390. The summed E-state index contributed by atoms with van der Waals surface area (Å²) in [4.78, 5) is 22.0. The highest BCUT2D eigenvalue weighted by Crippen LogP contribution is 2.36. The summed E-state index contributed by atoms with van der Waals surface area (Å²) in [5, 5.41) is 11.6. The van der Waals surface area contributed by atoms with Crippen LogP contribution in [0.5, 0.6) is 0 Å². The first kappa shape index (κ1) is 18.9. The maximum Gasteiger partial charge on any atom is 0.516 e. The Bertz CT molecular complexity index is 656. The minimum atomic E-state index is -0.979. The monoisotopic (exact) mass is 362 g/mol. The van der Waals surface area contributed by atoms with Crippen LogP contribution in [0.25, 0.3) is 0 Å². The van der Waals surface area contributed by atoms with E-state index in [9.17, 15) is 4.79 Å². The van der Waals surface area contributed by atoms with Crippen LogP contribution in [0.4, 0.5) is 10.6 Å². The van der Waals surface area contributed by atoms with Gasteiger partial charge in [-0.15, -0.1) is 0 Å². The lowest BCUT2D eigenvalue weighted by molar-refractivity contribution is 0.00578. The Kier molecular flexibility index (Phi) is 4.64. The molecule has 0 bridgehead atoms. The van der Waals surface area contributed by atoms with Gasteiger partial charge in [-0.25, -0.2) is 9.78 Å². The Morgan fingerprint density at radius 3 is 2.15 bits per heavy atom. The van der Waals surface area contributed by atoms with Crippen LogP contribution >= 0.6 is 0 Å². The average Bonchev–Trinajstić information content (AvgIpc) is 2.75. The van der Waals surface area contributed by atoms with Gasteiger partial charge < -0.3 is 24.6 Å².